The third-order valence-electron chi connectivity index (χ3n) is 2.48. The van der Waals surface area contributed by atoms with Crippen LogP contribution in [0.15, 0.2) is 18.2 Å². The van der Waals surface area contributed by atoms with Crippen LogP contribution in [-0.2, 0) is 4.74 Å². The quantitative estimate of drug-likeness (QED) is 0.818. The van der Waals surface area contributed by atoms with E-state index in [9.17, 15) is 4.79 Å². The van der Waals surface area contributed by atoms with Crippen LogP contribution in [0.3, 0.4) is 0 Å². The van der Waals surface area contributed by atoms with Gasteiger partial charge < -0.3 is 15.4 Å². The maximum Gasteiger partial charge on any atom is 0.337 e. The molecule has 5 heteroatoms. The van der Waals surface area contributed by atoms with E-state index in [2.05, 4.69) is 4.74 Å². The summed E-state index contributed by atoms with van der Waals surface area (Å²) in [4.78, 5) is 13.4. The van der Waals surface area contributed by atoms with Gasteiger partial charge in [-0.1, -0.05) is 11.6 Å². The average Bonchev–Trinajstić information content (AvgIpc) is 2.35. The number of carbonyl (C=O) groups excluding carboxylic acids is 1. The van der Waals surface area contributed by atoms with Crippen LogP contribution in [0.1, 0.15) is 16.8 Å². The molecule has 0 bridgehead atoms. The minimum absolute atomic E-state index is 0.366. The van der Waals surface area contributed by atoms with Crippen LogP contribution in [0.4, 0.5) is 5.69 Å². The first-order valence-electron chi connectivity index (χ1n) is 5.39. The van der Waals surface area contributed by atoms with E-state index in [1.807, 2.05) is 11.9 Å². The van der Waals surface area contributed by atoms with E-state index in [0.717, 1.165) is 18.7 Å². The summed E-state index contributed by atoms with van der Waals surface area (Å²) in [6, 6.07) is 5.07. The Labute approximate surface area is 106 Å². The van der Waals surface area contributed by atoms with Crippen LogP contribution in [0.2, 0.25) is 5.02 Å². The van der Waals surface area contributed by atoms with Crippen LogP contribution >= 0.6 is 11.6 Å². The lowest BCUT2D eigenvalue weighted by Gasteiger charge is -2.20. The highest BCUT2D eigenvalue weighted by Crippen LogP contribution is 2.26. The fraction of sp³-hybridized carbons (Fsp3) is 0.417. The van der Waals surface area contributed by atoms with Gasteiger partial charge in [0.25, 0.3) is 0 Å². The van der Waals surface area contributed by atoms with Crippen LogP contribution in [0, 0.1) is 0 Å². The highest BCUT2D eigenvalue weighted by molar-refractivity contribution is 6.33. The van der Waals surface area contributed by atoms with Gasteiger partial charge in [-0.05, 0) is 31.2 Å². The van der Waals surface area contributed by atoms with Gasteiger partial charge in [-0.3, -0.25) is 0 Å². The van der Waals surface area contributed by atoms with Crippen molar-refractivity contribution in [2.45, 2.75) is 6.42 Å². The van der Waals surface area contributed by atoms with Gasteiger partial charge in [0.15, 0.2) is 0 Å². The van der Waals surface area contributed by atoms with Crippen molar-refractivity contribution in [3.05, 3.63) is 28.8 Å². The van der Waals surface area contributed by atoms with E-state index >= 15 is 0 Å². The van der Waals surface area contributed by atoms with Crippen molar-refractivity contribution in [3.63, 3.8) is 0 Å². The first-order chi connectivity index (χ1) is 8.10. The molecule has 0 fully saturated rings. The Morgan fingerprint density at radius 3 is 2.82 bits per heavy atom. The summed E-state index contributed by atoms with van der Waals surface area (Å²) in [6.07, 6.45) is 0.870. The molecule has 94 valence electrons. The highest BCUT2D eigenvalue weighted by atomic mass is 35.5. The molecule has 2 N–H and O–H groups in total. The lowest BCUT2D eigenvalue weighted by Crippen LogP contribution is -2.21. The van der Waals surface area contributed by atoms with Gasteiger partial charge in [0, 0.05) is 13.6 Å². The van der Waals surface area contributed by atoms with Crippen molar-refractivity contribution < 1.29 is 9.53 Å². The fourth-order valence-electron chi connectivity index (χ4n) is 1.50. The molecule has 0 saturated carbocycles. The Balaban J connectivity index is 2.93. The fourth-order valence-corrected chi connectivity index (χ4v) is 1.76. The maximum atomic E-state index is 11.4. The predicted octanol–water partition coefficient (Wildman–Crippen LogP) is 1.91. The number of methoxy groups -OCH3 is 1. The smallest absolute Gasteiger partial charge is 0.337 e. The number of esters is 1. The molecule has 1 aromatic carbocycles. The van der Waals surface area contributed by atoms with Crippen molar-refractivity contribution in [3.8, 4) is 0 Å². The Bertz CT molecular complexity index is 396. The Kier molecular flexibility index (Phi) is 5.25. The first-order valence-corrected chi connectivity index (χ1v) is 5.77. The Hall–Kier alpha value is -1.26. The average molecular weight is 257 g/mol. The molecule has 1 rings (SSSR count). The molecule has 0 spiro atoms. The molecule has 0 atom stereocenters. The van der Waals surface area contributed by atoms with E-state index < -0.39 is 0 Å². The molecule has 0 amide bonds. The summed E-state index contributed by atoms with van der Waals surface area (Å²) in [7, 11) is 3.27. The lowest BCUT2D eigenvalue weighted by atomic mass is 10.2. The molecule has 0 aliphatic heterocycles. The Morgan fingerprint density at radius 1 is 1.53 bits per heavy atom. The standard InChI is InChI=1S/C12H17ClN2O2/c1-15(7-3-6-14)11-8-9(12(16)17-2)4-5-10(11)13/h4-5,8H,3,6-7,14H2,1-2H3. The van der Waals surface area contributed by atoms with Crippen molar-refractivity contribution in [2.75, 3.05) is 32.1 Å². The Morgan fingerprint density at radius 2 is 2.24 bits per heavy atom. The normalized spacial score (nSPS) is 10.1. The molecule has 0 aromatic heterocycles. The summed E-state index contributed by atoms with van der Waals surface area (Å²) in [6.45, 7) is 1.42. The van der Waals surface area contributed by atoms with Gasteiger partial charge in [-0.2, -0.15) is 0 Å². The van der Waals surface area contributed by atoms with Gasteiger partial charge in [-0.25, -0.2) is 4.79 Å². The van der Waals surface area contributed by atoms with E-state index in [1.54, 1.807) is 18.2 Å². The molecule has 0 unspecified atom stereocenters. The number of carbonyl (C=O) groups is 1. The molecule has 17 heavy (non-hydrogen) atoms. The van der Waals surface area contributed by atoms with Gasteiger partial charge in [0.05, 0.1) is 23.4 Å². The van der Waals surface area contributed by atoms with Crippen molar-refractivity contribution in [2.24, 2.45) is 5.73 Å². The van der Waals surface area contributed by atoms with E-state index in [-0.39, 0.29) is 5.97 Å². The highest BCUT2D eigenvalue weighted by Gasteiger charge is 2.11. The van der Waals surface area contributed by atoms with Crippen LogP contribution in [-0.4, -0.2) is 33.2 Å². The lowest BCUT2D eigenvalue weighted by molar-refractivity contribution is 0.0601. The molecular weight excluding hydrogens is 240 g/mol. The monoisotopic (exact) mass is 256 g/mol. The molecule has 4 nitrogen and oxygen atoms in total. The number of rotatable bonds is 5. The number of halogens is 1. The largest absolute Gasteiger partial charge is 0.465 e. The summed E-state index contributed by atoms with van der Waals surface area (Å²) in [5, 5.41) is 0.608. The number of hydrogen-bond acceptors (Lipinski definition) is 4. The minimum atomic E-state index is -0.366. The van der Waals surface area contributed by atoms with Crippen molar-refractivity contribution in [1.82, 2.24) is 0 Å². The molecule has 0 saturated heterocycles. The van der Waals surface area contributed by atoms with Crippen molar-refractivity contribution >= 4 is 23.3 Å². The number of nitrogens with zero attached hydrogens (tertiary/aromatic N) is 1. The van der Waals surface area contributed by atoms with E-state index in [0.29, 0.717) is 17.1 Å². The number of hydrogen-bond donors (Lipinski definition) is 1. The molecule has 0 radical (unpaired) electrons. The zero-order chi connectivity index (χ0) is 12.8. The SMILES string of the molecule is COC(=O)c1ccc(Cl)c(N(C)CCCN)c1. The molecule has 1 aromatic rings. The van der Waals surface area contributed by atoms with Crippen molar-refractivity contribution in [1.29, 1.82) is 0 Å². The van der Waals surface area contributed by atoms with Crippen LogP contribution < -0.4 is 10.6 Å². The number of ether oxygens (including phenoxy) is 1. The second-order valence-corrected chi connectivity index (χ2v) is 4.13. The predicted molar refractivity (Wildman–Crippen MR) is 69.7 cm³/mol. The van der Waals surface area contributed by atoms with Crippen LogP contribution in [0.25, 0.3) is 0 Å². The van der Waals surface area contributed by atoms with E-state index in [4.69, 9.17) is 17.3 Å². The van der Waals surface area contributed by atoms with E-state index in [1.165, 1.54) is 7.11 Å². The van der Waals surface area contributed by atoms with Gasteiger partial charge in [0.2, 0.25) is 0 Å². The zero-order valence-corrected chi connectivity index (χ0v) is 10.8. The second-order valence-electron chi connectivity index (χ2n) is 3.72. The summed E-state index contributed by atoms with van der Waals surface area (Å²) < 4.78 is 4.67. The molecule has 0 heterocycles. The molecular formula is C12H17ClN2O2. The van der Waals surface area contributed by atoms with Gasteiger partial charge >= 0.3 is 5.97 Å². The third kappa shape index (κ3) is 3.61. The summed E-state index contributed by atoms with van der Waals surface area (Å²) in [5.74, 6) is -0.366. The third-order valence-corrected chi connectivity index (χ3v) is 2.80. The second kappa shape index (κ2) is 6.47. The number of nitrogens with two attached hydrogens (primary N) is 1. The first kappa shape index (κ1) is 13.8. The zero-order valence-electron chi connectivity index (χ0n) is 10.1. The summed E-state index contributed by atoms with van der Waals surface area (Å²) in [5.41, 5.74) is 6.76. The number of anilines is 1. The summed E-state index contributed by atoms with van der Waals surface area (Å²) >= 11 is 6.09. The van der Waals surface area contributed by atoms with Gasteiger partial charge in [-0.15, -0.1) is 0 Å². The number of benzene rings is 1. The maximum absolute atomic E-state index is 11.4. The molecule has 0 aliphatic rings. The molecule has 0 aliphatic carbocycles. The topological polar surface area (TPSA) is 55.6 Å². The van der Waals surface area contributed by atoms with Crippen LogP contribution in [0.5, 0.6) is 0 Å². The minimum Gasteiger partial charge on any atom is -0.465 e. The van der Waals surface area contributed by atoms with Gasteiger partial charge in [0.1, 0.15) is 0 Å².